The van der Waals surface area contributed by atoms with E-state index in [1.54, 1.807) is 24.4 Å². The van der Waals surface area contributed by atoms with Gasteiger partial charge in [-0.2, -0.15) is 0 Å². The first kappa shape index (κ1) is 13.9. The normalized spacial score (nSPS) is 17.5. The number of aromatic nitrogens is 2. The largest absolute Gasteiger partial charge is 0.435 e. The number of pyridine rings is 1. The molecule has 23 heavy (non-hydrogen) atoms. The lowest BCUT2D eigenvalue weighted by Crippen LogP contribution is -2.24. The third kappa shape index (κ3) is 2.80. The molecule has 0 saturated carbocycles. The van der Waals surface area contributed by atoms with E-state index in [1.807, 2.05) is 18.2 Å². The second-order valence-electron chi connectivity index (χ2n) is 5.29. The average Bonchev–Trinajstić information content (AvgIpc) is 3.25. The Morgan fingerprint density at radius 3 is 3.00 bits per heavy atom. The first-order chi connectivity index (χ1) is 11.3. The Hall–Kier alpha value is -2.73. The smallest absolute Gasteiger partial charge is 0.340 e. The van der Waals surface area contributed by atoms with Gasteiger partial charge in [0.2, 0.25) is 5.89 Å². The Bertz CT molecular complexity index is 838. The van der Waals surface area contributed by atoms with Crippen LogP contribution in [0, 0.1) is 0 Å². The molecule has 0 amide bonds. The van der Waals surface area contributed by atoms with Gasteiger partial charge in [0, 0.05) is 18.9 Å². The summed E-state index contributed by atoms with van der Waals surface area (Å²) in [5, 5.41) is 0. The number of oxazole rings is 1. The first-order valence-corrected chi connectivity index (χ1v) is 7.45. The van der Waals surface area contributed by atoms with Gasteiger partial charge in [0.05, 0.1) is 0 Å². The number of hydrogen-bond donors (Lipinski definition) is 0. The maximum absolute atomic E-state index is 12.0. The van der Waals surface area contributed by atoms with Crippen LogP contribution in [0.1, 0.15) is 12.8 Å². The van der Waals surface area contributed by atoms with Crippen LogP contribution in [0.2, 0.25) is 0 Å². The van der Waals surface area contributed by atoms with Crippen LogP contribution in [0.15, 0.2) is 47.0 Å². The van der Waals surface area contributed by atoms with Crippen molar-refractivity contribution < 1.29 is 18.7 Å². The second kappa shape index (κ2) is 5.81. The highest BCUT2D eigenvalue weighted by Gasteiger charge is 2.25. The van der Waals surface area contributed by atoms with Crippen molar-refractivity contribution in [2.75, 3.05) is 6.61 Å². The van der Waals surface area contributed by atoms with Crippen LogP contribution in [-0.2, 0) is 9.53 Å². The van der Waals surface area contributed by atoms with Gasteiger partial charge in [0.15, 0.2) is 11.7 Å². The fourth-order valence-corrected chi connectivity index (χ4v) is 2.51. The lowest BCUT2D eigenvalue weighted by Gasteiger charge is -2.08. The van der Waals surface area contributed by atoms with Gasteiger partial charge in [-0.15, -0.1) is 0 Å². The van der Waals surface area contributed by atoms with Crippen molar-refractivity contribution in [3.05, 3.63) is 42.6 Å². The second-order valence-corrected chi connectivity index (χ2v) is 5.29. The van der Waals surface area contributed by atoms with Crippen molar-refractivity contribution in [3.8, 4) is 17.3 Å². The highest BCUT2D eigenvalue weighted by atomic mass is 16.6. The SMILES string of the molecule is O=C(Oc1ccc2nc(-c3ccccn3)oc2c1)C1CCCO1. The Morgan fingerprint density at radius 2 is 2.22 bits per heavy atom. The zero-order valence-electron chi connectivity index (χ0n) is 12.3. The number of benzene rings is 1. The molecule has 1 aliphatic heterocycles. The zero-order chi connectivity index (χ0) is 15.6. The Kier molecular flexibility index (Phi) is 3.51. The first-order valence-electron chi connectivity index (χ1n) is 7.45. The molecule has 1 aromatic carbocycles. The van der Waals surface area contributed by atoms with Gasteiger partial charge in [-0.05, 0) is 37.1 Å². The number of fused-ring (bicyclic) bond motifs is 1. The summed E-state index contributed by atoms with van der Waals surface area (Å²) in [4.78, 5) is 20.6. The minimum atomic E-state index is -0.468. The molecule has 0 radical (unpaired) electrons. The Balaban J connectivity index is 1.59. The van der Waals surface area contributed by atoms with Gasteiger partial charge >= 0.3 is 5.97 Å². The molecule has 1 atom stereocenters. The molecule has 6 nitrogen and oxygen atoms in total. The van der Waals surface area contributed by atoms with Gasteiger partial charge in [0.1, 0.15) is 17.0 Å². The molecule has 6 heteroatoms. The topological polar surface area (TPSA) is 74.5 Å². The number of carbonyl (C=O) groups is 1. The zero-order valence-corrected chi connectivity index (χ0v) is 12.3. The van der Waals surface area contributed by atoms with E-state index in [0.717, 1.165) is 6.42 Å². The molecule has 3 heterocycles. The molecular formula is C17H14N2O4. The molecule has 1 saturated heterocycles. The summed E-state index contributed by atoms with van der Waals surface area (Å²) in [7, 11) is 0. The van der Waals surface area contributed by atoms with E-state index in [9.17, 15) is 4.79 Å². The minimum Gasteiger partial charge on any atom is -0.435 e. The maximum atomic E-state index is 12.0. The van der Waals surface area contributed by atoms with Gasteiger partial charge < -0.3 is 13.9 Å². The number of nitrogens with zero attached hydrogens (tertiary/aromatic N) is 2. The predicted molar refractivity (Wildman–Crippen MR) is 81.8 cm³/mol. The van der Waals surface area contributed by atoms with Crippen molar-refractivity contribution in [2.24, 2.45) is 0 Å². The third-order valence-electron chi connectivity index (χ3n) is 3.65. The average molecular weight is 310 g/mol. The standard InChI is InChI=1S/C17H14N2O4/c20-17(14-5-3-9-21-14)22-11-6-7-12-15(10-11)23-16(19-12)13-4-1-2-8-18-13/h1-2,4,6-8,10,14H,3,5,9H2. The van der Waals surface area contributed by atoms with Crippen LogP contribution in [0.3, 0.4) is 0 Å². The Morgan fingerprint density at radius 1 is 1.26 bits per heavy atom. The third-order valence-corrected chi connectivity index (χ3v) is 3.65. The van der Waals surface area contributed by atoms with E-state index in [0.29, 0.717) is 41.5 Å². The highest BCUT2D eigenvalue weighted by molar-refractivity contribution is 5.81. The van der Waals surface area contributed by atoms with Crippen molar-refractivity contribution >= 4 is 17.1 Å². The monoisotopic (exact) mass is 310 g/mol. The summed E-state index contributed by atoms with van der Waals surface area (Å²) in [6.07, 6.45) is 2.80. The lowest BCUT2D eigenvalue weighted by molar-refractivity contribution is -0.144. The quantitative estimate of drug-likeness (QED) is 0.547. The van der Waals surface area contributed by atoms with E-state index in [1.165, 1.54) is 0 Å². The molecule has 3 aromatic rings. The summed E-state index contributed by atoms with van der Waals surface area (Å²) >= 11 is 0. The fourth-order valence-electron chi connectivity index (χ4n) is 2.51. The van der Waals surface area contributed by atoms with E-state index < -0.39 is 6.10 Å². The fraction of sp³-hybridized carbons (Fsp3) is 0.235. The van der Waals surface area contributed by atoms with Gasteiger partial charge in [-0.25, -0.2) is 9.78 Å². The Labute approximate surface area is 132 Å². The lowest BCUT2D eigenvalue weighted by atomic mass is 10.2. The maximum Gasteiger partial charge on any atom is 0.340 e. The summed E-state index contributed by atoms with van der Waals surface area (Å²) in [5.41, 5.74) is 1.88. The molecule has 0 spiro atoms. The number of hydrogen-bond acceptors (Lipinski definition) is 6. The highest BCUT2D eigenvalue weighted by Crippen LogP contribution is 2.26. The molecule has 1 aliphatic rings. The van der Waals surface area contributed by atoms with Crippen LogP contribution in [0.25, 0.3) is 22.7 Å². The number of carbonyl (C=O) groups excluding carboxylic acids is 1. The van der Waals surface area contributed by atoms with Gasteiger partial charge in [-0.3, -0.25) is 4.98 Å². The molecule has 1 unspecified atom stereocenters. The molecule has 116 valence electrons. The van der Waals surface area contributed by atoms with Gasteiger partial charge in [-0.1, -0.05) is 6.07 Å². The van der Waals surface area contributed by atoms with E-state index in [-0.39, 0.29) is 5.97 Å². The minimum absolute atomic E-state index is 0.369. The molecule has 0 N–H and O–H groups in total. The molecule has 2 aromatic heterocycles. The number of ether oxygens (including phenoxy) is 2. The van der Waals surface area contributed by atoms with Crippen molar-refractivity contribution in [1.82, 2.24) is 9.97 Å². The molecule has 1 fully saturated rings. The number of esters is 1. The van der Waals surface area contributed by atoms with Crippen LogP contribution < -0.4 is 4.74 Å². The van der Waals surface area contributed by atoms with E-state index in [4.69, 9.17) is 13.9 Å². The molecular weight excluding hydrogens is 296 g/mol. The summed E-state index contributed by atoms with van der Waals surface area (Å²) in [6.45, 7) is 0.605. The van der Waals surface area contributed by atoms with Crippen molar-refractivity contribution in [2.45, 2.75) is 18.9 Å². The van der Waals surface area contributed by atoms with Gasteiger partial charge in [0.25, 0.3) is 0 Å². The van der Waals surface area contributed by atoms with Crippen LogP contribution in [-0.4, -0.2) is 28.6 Å². The van der Waals surface area contributed by atoms with Crippen molar-refractivity contribution in [1.29, 1.82) is 0 Å². The van der Waals surface area contributed by atoms with Crippen molar-refractivity contribution in [3.63, 3.8) is 0 Å². The van der Waals surface area contributed by atoms with E-state index >= 15 is 0 Å². The summed E-state index contributed by atoms with van der Waals surface area (Å²) in [5.74, 6) is 0.483. The predicted octanol–water partition coefficient (Wildman–Crippen LogP) is 2.97. The van der Waals surface area contributed by atoms with Crippen LogP contribution >= 0.6 is 0 Å². The summed E-state index contributed by atoms with van der Waals surface area (Å²) in [6, 6.07) is 10.6. The molecule has 0 bridgehead atoms. The summed E-state index contributed by atoms with van der Waals surface area (Å²) < 4.78 is 16.4. The van der Waals surface area contributed by atoms with E-state index in [2.05, 4.69) is 9.97 Å². The van der Waals surface area contributed by atoms with Crippen LogP contribution in [0.5, 0.6) is 5.75 Å². The number of rotatable bonds is 3. The molecule has 0 aliphatic carbocycles. The van der Waals surface area contributed by atoms with Crippen LogP contribution in [0.4, 0.5) is 0 Å². The molecule has 4 rings (SSSR count).